The van der Waals surface area contributed by atoms with E-state index in [1.165, 1.54) is 36.5 Å². The molecule has 9 heteroatoms. The van der Waals surface area contributed by atoms with E-state index in [1.807, 2.05) is 0 Å². The lowest BCUT2D eigenvalue weighted by Crippen LogP contribution is -2.35. The van der Waals surface area contributed by atoms with Gasteiger partial charge in [0.15, 0.2) is 0 Å². The fourth-order valence-corrected chi connectivity index (χ4v) is 2.44. The number of halogens is 3. The zero-order valence-corrected chi connectivity index (χ0v) is 14.4. The van der Waals surface area contributed by atoms with E-state index >= 15 is 0 Å². The van der Waals surface area contributed by atoms with Crippen LogP contribution < -0.4 is 15.5 Å². The molecule has 0 unspecified atom stereocenters. The maximum absolute atomic E-state index is 12.4. The smallest absolute Gasteiger partial charge is 0.406 e. The van der Waals surface area contributed by atoms with E-state index in [4.69, 9.17) is 5.41 Å². The number of aromatic nitrogens is 2. The maximum Gasteiger partial charge on any atom is 0.573 e. The zero-order chi connectivity index (χ0) is 20.1. The number of alkyl halides is 3. The molecule has 0 saturated carbocycles. The van der Waals surface area contributed by atoms with Crippen molar-refractivity contribution in [2.24, 2.45) is 0 Å². The Morgan fingerprint density at radius 3 is 2.43 bits per heavy atom. The molecule has 1 amide bonds. The number of nitrogens with zero attached hydrogens (tertiary/aromatic N) is 2. The Kier molecular flexibility index (Phi) is 5.44. The fraction of sp³-hybridized carbons (Fsp3) is 0.105. The molecule has 0 saturated heterocycles. The molecular weight excluding hydrogens is 373 g/mol. The van der Waals surface area contributed by atoms with E-state index in [9.17, 15) is 18.0 Å². The van der Waals surface area contributed by atoms with Crippen LogP contribution >= 0.6 is 0 Å². The maximum atomic E-state index is 12.4. The molecule has 2 heterocycles. The Labute approximate surface area is 157 Å². The van der Waals surface area contributed by atoms with Crippen LogP contribution in [0.15, 0.2) is 67.0 Å². The van der Waals surface area contributed by atoms with Crippen molar-refractivity contribution in [3.05, 3.63) is 78.2 Å². The fourth-order valence-electron chi connectivity index (χ4n) is 2.44. The van der Waals surface area contributed by atoms with Crippen LogP contribution in [0.3, 0.4) is 0 Å². The number of carbonyl (C=O) groups is 1. The summed E-state index contributed by atoms with van der Waals surface area (Å²) in [5.74, 6) is -0.339. The van der Waals surface area contributed by atoms with Crippen LogP contribution in [0, 0.1) is 5.41 Å². The lowest BCUT2D eigenvalue weighted by Gasteiger charge is -2.11. The molecule has 2 aromatic heterocycles. The molecule has 0 atom stereocenters. The van der Waals surface area contributed by atoms with Gasteiger partial charge in [-0.2, -0.15) is 0 Å². The van der Waals surface area contributed by atoms with E-state index in [1.54, 1.807) is 30.5 Å². The molecule has 3 rings (SSSR count). The molecule has 144 valence electrons. The SMILES string of the molecule is N=c1ccc(-c2ccc(OC(F)(F)F)cc2)cn1C(=O)NCc1ccccn1. The summed E-state index contributed by atoms with van der Waals surface area (Å²) in [6, 6.07) is 13.1. The number of carbonyl (C=O) groups excluding carboxylic acids is 1. The number of pyridine rings is 2. The molecule has 0 aliphatic carbocycles. The molecule has 6 nitrogen and oxygen atoms in total. The highest BCUT2D eigenvalue weighted by atomic mass is 19.4. The van der Waals surface area contributed by atoms with Gasteiger partial charge in [0, 0.05) is 12.4 Å². The van der Waals surface area contributed by atoms with Gasteiger partial charge in [0.05, 0.1) is 12.2 Å². The summed E-state index contributed by atoms with van der Waals surface area (Å²) in [5, 5.41) is 10.6. The van der Waals surface area contributed by atoms with Crippen molar-refractivity contribution in [1.82, 2.24) is 14.9 Å². The minimum absolute atomic E-state index is 0.0423. The summed E-state index contributed by atoms with van der Waals surface area (Å²) in [6.07, 6.45) is -1.71. The van der Waals surface area contributed by atoms with Crippen LogP contribution in [0.1, 0.15) is 5.69 Å². The van der Waals surface area contributed by atoms with Crippen molar-refractivity contribution in [1.29, 1.82) is 5.41 Å². The number of ether oxygens (including phenoxy) is 1. The molecule has 0 bridgehead atoms. The molecule has 2 N–H and O–H groups in total. The van der Waals surface area contributed by atoms with Gasteiger partial charge < -0.3 is 10.1 Å². The minimum atomic E-state index is -4.76. The van der Waals surface area contributed by atoms with Gasteiger partial charge >= 0.3 is 12.4 Å². The van der Waals surface area contributed by atoms with Gasteiger partial charge in [0.25, 0.3) is 0 Å². The highest BCUT2D eigenvalue weighted by Gasteiger charge is 2.30. The van der Waals surface area contributed by atoms with Crippen LogP contribution in [0.4, 0.5) is 18.0 Å². The molecule has 3 aromatic rings. The number of benzene rings is 1. The largest absolute Gasteiger partial charge is 0.573 e. The van der Waals surface area contributed by atoms with Crippen LogP contribution in [0.2, 0.25) is 0 Å². The molecule has 28 heavy (non-hydrogen) atoms. The van der Waals surface area contributed by atoms with Crippen molar-refractivity contribution in [2.75, 3.05) is 0 Å². The third kappa shape index (κ3) is 4.97. The van der Waals surface area contributed by atoms with Gasteiger partial charge in [0.1, 0.15) is 11.2 Å². The van der Waals surface area contributed by atoms with Crippen LogP contribution in [0.5, 0.6) is 5.75 Å². The third-order valence-electron chi connectivity index (χ3n) is 3.74. The summed E-state index contributed by atoms with van der Waals surface area (Å²) in [7, 11) is 0. The van der Waals surface area contributed by atoms with E-state index in [0.29, 0.717) is 16.8 Å². The average molecular weight is 388 g/mol. The van der Waals surface area contributed by atoms with Crippen molar-refractivity contribution in [2.45, 2.75) is 12.9 Å². The summed E-state index contributed by atoms with van der Waals surface area (Å²) in [5.41, 5.74) is 1.75. The topological polar surface area (TPSA) is 80.0 Å². The Morgan fingerprint density at radius 1 is 1.07 bits per heavy atom. The summed E-state index contributed by atoms with van der Waals surface area (Å²) >= 11 is 0. The first-order chi connectivity index (χ1) is 13.3. The average Bonchev–Trinajstić information content (AvgIpc) is 2.67. The van der Waals surface area contributed by atoms with Crippen molar-refractivity contribution in [3.63, 3.8) is 0 Å². The van der Waals surface area contributed by atoms with Crippen LogP contribution in [-0.2, 0) is 6.54 Å². The molecule has 0 aliphatic heterocycles. The Bertz CT molecular complexity index is 1020. The summed E-state index contributed by atoms with van der Waals surface area (Å²) in [4.78, 5) is 16.5. The number of hydrogen-bond donors (Lipinski definition) is 2. The Morgan fingerprint density at radius 2 is 1.79 bits per heavy atom. The van der Waals surface area contributed by atoms with Crippen LogP contribution in [-0.4, -0.2) is 21.9 Å². The highest BCUT2D eigenvalue weighted by Crippen LogP contribution is 2.26. The van der Waals surface area contributed by atoms with Crippen molar-refractivity contribution >= 4 is 6.03 Å². The second-order valence-electron chi connectivity index (χ2n) is 5.72. The van der Waals surface area contributed by atoms with Gasteiger partial charge in [-0.15, -0.1) is 13.2 Å². The van der Waals surface area contributed by atoms with E-state index in [2.05, 4.69) is 15.0 Å². The van der Waals surface area contributed by atoms with E-state index in [0.717, 1.165) is 4.57 Å². The van der Waals surface area contributed by atoms with Gasteiger partial charge in [-0.3, -0.25) is 15.0 Å². The van der Waals surface area contributed by atoms with Gasteiger partial charge in [0.2, 0.25) is 0 Å². The molecular formula is C19H15F3N4O2. The number of nitrogens with one attached hydrogen (secondary N) is 2. The van der Waals surface area contributed by atoms with Gasteiger partial charge in [-0.1, -0.05) is 18.2 Å². The first-order valence-corrected chi connectivity index (χ1v) is 8.13. The minimum Gasteiger partial charge on any atom is -0.406 e. The zero-order valence-electron chi connectivity index (χ0n) is 14.4. The summed E-state index contributed by atoms with van der Waals surface area (Å²) < 4.78 is 41.7. The normalized spacial score (nSPS) is 11.1. The molecule has 0 fully saturated rings. The quantitative estimate of drug-likeness (QED) is 0.716. The van der Waals surface area contributed by atoms with Crippen molar-refractivity contribution < 1.29 is 22.7 Å². The van der Waals surface area contributed by atoms with Crippen molar-refractivity contribution in [3.8, 4) is 16.9 Å². The molecule has 1 aromatic carbocycles. The standard InChI is InChI=1S/C19H15F3N4O2/c20-19(21,22)28-16-7-4-13(5-8-16)14-6-9-17(23)26(12-14)18(27)25-11-15-3-1-2-10-24-15/h1-10,12,23H,11H2,(H,25,27). The Balaban J connectivity index is 1.77. The number of rotatable bonds is 4. The molecule has 0 spiro atoms. The highest BCUT2D eigenvalue weighted by molar-refractivity contribution is 5.78. The second-order valence-corrected chi connectivity index (χ2v) is 5.72. The number of hydrogen-bond acceptors (Lipinski definition) is 4. The second kappa shape index (κ2) is 7.95. The first-order valence-electron chi connectivity index (χ1n) is 8.13. The lowest BCUT2D eigenvalue weighted by molar-refractivity contribution is -0.274. The molecule has 0 radical (unpaired) electrons. The van der Waals surface area contributed by atoms with Gasteiger partial charge in [-0.25, -0.2) is 4.79 Å². The third-order valence-corrected chi connectivity index (χ3v) is 3.74. The first kappa shape index (κ1) is 19.2. The Hall–Kier alpha value is -3.62. The van der Waals surface area contributed by atoms with Crippen LogP contribution in [0.25, 0.3) is 11.1 Å². The number of amides is 1. The van der Waals surface area contributed by atoms with E-state index in [-0.39, 0.29) is 17.8 Å². The predicted molar refractivity (Wildman–Crippen MR) is 94.3 cm³/mol. The lowest BCUT2D eigenvalue weighted by atomic mass is 10.1. The van der Waals surface area contributed by atoms with E-state index < -0.39 is 12.4 Å². The molecule has 0 aliphatic rings. The predicted octanol–water partition coefficient (Wildman–Crippen LogP) is 3.69. The summed E-state index contributed by atoms with van der Waals surface area (Å²) in [6.45, 7) is 0.194. The monoisotopic (exact) mass is 388 g/mol. The van der Waals surface area contributed by atoms with Gasteiger partial charge in [-0.05, 0) is 47.5 Å².